The van der Waals surface area contributed by atoms with E-state index in [9.17, 15) is 9.18 Å². The molecule has 2 bridgehead atoms. The number of hydrogen-bond donors (Lipinski definition) is 0. The van der Waals surface area contributed by atoms with Gasteiger partial charge in [0.25, 0.3) is 0 Å². The smallest absolute Gasteiger partial charge is 0.141 e. The number of hydrogen-bond acceptors (Lipinski definition) is 2. The average Bonchev–Trinajstić information content (AvgIpc) is 2.58. The van der Waals surface area contributed by atoms with Crippen molar-refractivity contribution in [1.29, 1.82) is 0 Å². The number of halogens is 2. The van der Waals surface area contributed by atoms with E-state index >= 15 is 0 Å². The van der Waals surface area contributed by atoms with Gasteiger partial charge in [-0.1, -0.05) is 17.7 Å². The molecule has 2 aliphatic heterocycles. The zero-order valence-corrected chi connectivity index (χ0v) is 10.8. The molecule has 0 radical (unpaired) electrons. The van der Waals surface area contributed by atoms with Crippen molar-refractivity contribution in [2.75, 3.05) is 0 Å². The van der Waals surface area contributed by atoms with E-state index in [4.69, 9.17) is 11.6 Å². The van der Waals surface area contributed by atoms with Gasteiger partial charge >= 0.3 is 0 Å². The molecule has 0 spiro atoms. The van der Waals surface area contributed by atoms with Crippen LogP contribution in [0.25, 0.3) is 0 Å². The minimum atomic E-state index is -0.378. The quantitative estimate of drug-likeness (QED) is 0.820. The van der Waals surface area contributed by atoms with Crippen LogP contribution in [-0.2, 0) is 11.3 Å². The zero-order valence-electron chi connectivity index (χ0n) is 10.0. The standard InChI is InChI=1S/C14H15ClFNO/c15-13-5-9(1-4-14(13)16)8-17-10-2-3-11(17)7-12(18)6-10/h1,4-5,10-11H,2-3,6-8H2. The van der Waals surface area contributed by atoms with E-state index in [1.165, 1.54) is 6.07 Å². The van der Waals surface area contributed by atoms with E-state index < -0.39 is 0 Å². The number of fused-ring (bicyclic) bond motifs is 2. The summed E-state index contributed by atoms with van der Waals surface area (Å²) < 4.78 is 13.1. The van der Waals surface area contributed by atoms with Gasteiger partial charge in [-0.15, -0.1) is 0 Å². The minimum Gasteiger partial charge on any atom is -0.300 e. The van der Waals surface area contributed by atoms with E-state index in [0.717, 1.165) is 24.9 Å². The van der Waals surface area contributed by atoms with Gasteiger partial charge in [-0.05, 0) is 30.5 Å². The maximum atomic E-state index is 13.1. The molecule has 96 valence electrons. The molecule has 2 fully saturated rings. The van der Waals surface area contributed by atoms with Crippen molar-refractivity contribution in [2.45, 2.75) is 44.3 Å². The largest absolute Gasteiger partial charge is 0.300 e. The van der Waals surface area contributed by atoms with E-state index in [1.54, 1.807) is 12.1 Å². The molecular formula is C14H15ClFNO. The molecule has 0 N–H and O–H groups in total. The molecule has 3 rings (SSSR count). The molecule has 0 aliphatic carbocycles. The van der Waals surface area contributed by atoms with Crippen molar-refractivity contribution < 1.29 is 9.18 Å². The Morgan fingerprint density at radius 2 is 1.94 bits per heavy atom. The van der Waals surface area contributed by atoms with E-state index in [-0.39, 0.29) is 10.8 Å². The molecule has 2 heterocycles. The fourth-order valence-corrected chi connectivity index (χ4v) is 3.37. The van der Waals surface area contributed by atoms with Crippen LogP contribution in [-0.4, -0.2) is 22.8 Å². The first-order valence-corrected chi connectivity index (χ1v) is 6.72. The van der Waals surface area contributed by atoms with Crippen LogP contribution < -0.4 is 0 Å². The molecule has 4 heteroatoms. The molecule has 2 unspecified atom stereocenters. The van der Waals surface area contributed by atoms with Crippen molar-refractivity contribution in [2.24, 2.45) is 0 Å². The number of nitrogens with zero attached hydrogens (tertiary/aromatic N) is 1. The predicted molar refractivity (Wildman–Crippen MR) is 68.0 cm³/mol. The van der Waals surface area contributed by atoms with Crippen molar-refractivity contribution in [3.8, 4) is 0 Å². The second kappa shape index (κ2) is 4.63. The summed E-state index contributed by atoms with van der Waals surface area (Å²) in [6, 6.07) is 5.62. The van der Waals surface area contributed by atoms with Gasteiger partial charge in [0.15, 0.2) is 0 Å². The minimum absolute atomic E-state index is 0.174. The SMILES string of the molecule is O=C1CC2CCC(C1)N2Cc1ccc(F)c(Cl)c1. The molecule has 1 aromatic rings. The van der Waals surface area contributed by atoms with Crippen molar-refractivity contribution in [3.63, 3.8) is 0 Å². The number of carbonyl (C=O) groups excluding carboxylic acids is 1. The molecule has 2 saturated heterocycles. The molecule has 0 aromatic heterocycles. The molecule has 2 atom stereocenters. The van der Waals surface area contributed by atoms with Crippen LogP contribution in [0.5, 0.6) is 0 Å². The van der Waals surface area contributed by atoms with Crippen molar-refractivity contribution >= 4 is 17.4 Å². The van der Waals surface area contributed by atoms with E-state index in [0.29, 0.717) is 30.7 Å². The van der Waals surface area contributed by atoms with E-state index in [2.05, 4.69) is 4.90 Å². The number of carbonyl (C=O) groups is 1. The first-order chi connectivity index (χ1) is 8.63. The highest BCUT2D eigenvalue weighted by atomic mass is 35.5. The maximum absolute atomic E-state index is 13.1. The van der Waals surface area contributed by atoms with Gasteiger partial charge in [-0.25, -0.2) is 4.39 Å². The highest BCUT2D eigenvalue weighted by molar-refractivity contribution is 6.30. The number of Topliss-reactive ketones (excluding diaryl/α,β-unsaturated/α-hetero) is 1. The summed E-state index contributed by atoms with van der Waals surface area (Å²) in [6.45, 7) is 0.766. The number of ketones is 1. The monoisotopic (exact) mass is 267 g/mol. The van der Waals surface area contributed by atoms with Crippen LogP contribution >= 0.6 is 11.6 Å². The number of benzene rings is 1. The summed E-state index contributed by atoms with van der Waals surface area (Å²) >= 11 is 5.80. The first kappa shape index (κ1) is 12.1. The summed E-state index contributed by atoms with van der Waals surface area (Å²) in [7, 11) is 0. The van der Waals surface area contributed by atoms with Crippen LogP contribution in [0.1, 0.15) is 31.2 Å². The summed E-state index contributed by atoms with van der Waals surface area (Å²) in [5, 5.41) is 0.174. The lowest BCUT2D eigenvalue weighted by atomic mass is 10.0. The number of piperidine rings is 1. The van der Waals surface area contributed by atoms with Gasteiger partial charge in [0.05, 0.1) is 5.02 Å². The Kier molecular flexibility index (Phi) is 3.12. The Morgan fingerprint density at radius 3 is 2.56 bits per heavy atom. The summed E-state index contributed by atoms with van der Waals surface area (Å²) in [6.07, 6.45) is 3.55. The lowest BCUT2D eigenvalue weighted by Gasteiger charge is -2.33. The molecule has 2 aliphatic rings. The first-order valence-electron chi connectivity index (χ1n) is 6.35. The normalized spacial score (nSPS) is 27.8. The van der Waals surface area contributed by atoms with Crippen LogP contribution in [0.4, 0.5) is 4.39 Å². The van der Waals surface area contributed by atoms with Crippen LogP contribution in [0.3, 0.4) is 0 Å². The van der Waals surface area contributed by atoms with Gasteiger partial charge in [0.1, 0.15) is 11.6 Å². The molecular weight excluding hydrogens is 253 g/mol. The third kappa shape index (κ3) is 2.17. The Morgan fingerprint density at radius 1 is 1.28 bits per heavy atom. The van der Waals surface area contributed by atoms with Gasteiger partial charge < -0.3 is 0 Å². The van der Waals surface area contributed by atoms with Gasteiger partial charge in [0, 0.05) is 31.5 Å². The maximum Gasteiger partial charge on any atom is 0.141 e. The van der Waals surface area contributed by atoms with E-state index in [1.807, 2.05) is 0 Å². The molecule has 2 nitrogen and oxygen atoms in total. The Balaban J connectivity index is 1.77. The van der Waals surface area contributed by atoms with Crippen LogP contribution in [0.15, 0.2) is 18.2 Å². The van der Waals surface area contributed by atoms with Gasteiger partial charge in [0.2, 0.25) is 0 Å². The third-order valence-electron chi connectivity index (χ3n) is 4.05. The van der Waals surface area contributed by atoms with Crippen LogP contribution in [0.2, 0.25) is 5.02 Å². The fraction of sp³-hybridized carbons (Fsp3) is 0.500. The van der Waals surface area contributed by atoms with Crippen molar-refractivity contribution in [3.05, 3.63) is 34.6 Å². The fourth-order valence-electron chi connectivity index (χ4n) is 3.17. The lowest BCUT2D eigenvalue weighted by molar-refractivity contribution is -0.123. The Hall–Kier alpha value is -0.930. The van der Waals surface area contributed by atoms with Gasteiger partial charge in [-0.3, -0.25) is 9.69 Å². The molecule has 18 heavy (non-hydrogen) atoms. The molecule has 0 amide bonds. The molecule has 1 aromatic carbocycles. The zero-order chi connectivity index (χ0) is 12.7. The summed E-state index contributed by atoms with van der Waals surface area (Å²) in [5.41, 5.74) is 1.02. The van der Waals surface area contributed by atoms with Gasteiger partial charge in [-0.2, -0.15) is 0 Å². The summed E-state index contributed by atoms with van der Waals surface area (Å²) in [4.78, 5) is 13.9. The third-order valence-corrected chi connectivity index (χ3v) is 4.34. The second-order valence-corrected chi connectivity index (χ2v) is 5.66. The summed E-state index contributed by atoms with van der Waals surface area (Å²) in [5.74, 6) is 0.00750. The number of rotatable bonds is 2. The van der Waals surface area contributed by atoms with Crippen LogP contribution in [0, 0.1) is 5.82 Å². The Labute approximate surface area is 111 Å². The second-order valence-electron chi connectivity index (χ2n) is 5.25. The topological polar surface area (TPSA) is 20.3 Å². The van der Waals surface area contributed by atoms with Crippen molar-refractivity contribution in [1.82, 2.24) is 4.90 Å². The lowest BCUT2D eigenvalue weighted by Crippen LogP contribution is -2.42. The Bertz CT molecular complexity index is 475. The highest BCUT2D eigenvalue weighted by Gasteiger charge is 2.39. The highest BCUT2D eigenvalue weighted by Crippen LogP contribution is 2.35. The predicted octanol–water partition coefficient (Wildman–Crippen LogP) is 3.18. The molecule has 0 saturated carbocycles. The average molecular weight is 268 g/mol.